The van der Waals surface area contributed by atoms with E-state index in [4.69, 9.17) is 5.73 Å². The van der Waals surface area contributed by atoms with E-state index in [1.807, 2.05) is 19.1 Å². The van der Waals surface area contributed by atoms with Crippen molar-refractivity contribution in [3.05, 3.63) is 29.3 Å². The van der Waals surface area contributed by atoms with E-state index in [-0.39, 0.29) is 11.7 Å². The molecule has 2 rings (SSSR count). The number of nitrogens with two attached hydrogens (primary N) is 1. The molecule has 0 spiro atoms. The summed E-state index contributed by atoms with van der Waals surface area (Å²) in [6.07, 6.45) is 1.75. The summed E-state index contributed by atoms with van der Waals surface area (Å²) >= 11 is 0. The number of hydrogen-bond donors (Lipinski definition) is 1. The van der Waals surface area contributed by atoms with Gasteiger partial charge in [-0.15, -0.1) is 0 Å². The third kappa shape index (κ3) is 1.87. The van der Waals surface area contributed by atoms with Crippen LogP contribution in [0.4, 0.5) is 0 Å². The van der Waals surface area contributed by atoms with E-state index in [0.717, 1.165) is 24.0 Å². The van der Waals surface area contributed by atoms with Crippen LogP contribution in [0.15, 0.2) is 23.1 Å². The van der Waals surface area contributed by atoms with Gasteiger partial charge in [-0.2, -0.15) is 0 Å². The quantitative estimate of drug-likeness (QED) is 0.871. The Hall–Kier alpha value is -0.870. The monoisotopic (exact) mass is 239 g/mol. The van der Waals surface area contributed by atoms with Gasteiger partial charge in [0.2, 0.25) is 0 Å². The molecule has 1 atom stereocenters. The molecule has 2 N–H and O–H groups in total. The molecule has 0 radical (unpaired) electrons. The summed E-state index contributed by atoms with van der Waals surface area (Å²) in [4.78, 5) is 0.537. The van der Waals surface area contributed by atoms with Crippen LogP contribution in [-0.4, -0.2) is 20.7 Å². The van der Waals surface area contributed by atoms with Crippen molar-refractivity contribution >= 4 is 9.84 Å². The SMILES string of the molecule is Cc1cccc2c1C(CCCN)CS2(=O)=O. The summed E-state index contributed by atoms with van der Waals surface area (Å²) in [6, 6.07) is 5.52. The third-order valence-electron chi connectivity index (χ3n) is 3.20. The molecule has 4 heteroatoms. The predicted octanol–water partition coefficient (Wildman–Crippen LogP) is 1.60. The largest absolute Gasteiger partial charge is 0.330 e. The number of hydrogen-bond acceptors (Lipinski definition) is 3. The van der Waals surface area contributed by atoms with Gasteiger partial charge in [-0.25, -0.2) is 8.42 Å². The van der Waals surface area contributed by atoms with Crippen LogP contribution in [-0.2, 0) is 9.84 Å². The average Bonchev–Trinajstić information content (AvgIpc) is 2.49. The van der Waals surface area contributed by atoms with Gasteiger partial charge in [0.05, 0.1) is 10.6 Å². The summed E-state index contributed by atoms with van der Waals surface area (Å²) < 4.78 is 23.9. The van der Waals surface area contributed by atoms with Crippen molar-refractivity contribution in [3.8, 4) is 0 Å². The minimum absolute atomic E-state index is 0.143. The zero-order chi connectivity index (χ0) is 11.8. The Morgan fingerprint density at radius 3 is 2.88 bits per heavy atom. The fourth-order valence-corrected chi connectivity index (χ4v) is 4.47. The van der Waals surface area contributed by atoms with Crippen molar-refractivity contribution in [3.63, 3.8) is 0 Å². The normalized spacial score (nSPS) is 22.0. The molecule has 1 unspecified atom stereocenters. The molecule has 3 nitrogen and oxygen atoms in total. The van der Waals surface area contributed by atoms with Crippen LogP contribution in [0.3, 0.4) is 0 Å². The average molecular weight is 239 g/mol. The van der Waals surface area contributed by atoms with E-state index < -0.39 is 9.84 Å². The Morgan fingerprint density at radius 2 is 2.19 bits per heavy atom. The maximum atomic E-state index is 11.9. The third-order valence-corrected chi connectivity index (χ3v) is 5.07. The summed E-state index contributed by atoms with van der Waals surface area (Å²) in [5.41, 5.74) is 7.59. The molecule has 0 aromatic heterocycles. The number of rotatable bonds is 3. The number of aryl methyl sites for hydroxylation is 1. The molecule has 0 saturated heterocycles. The number of fused-ring (bicyclic) bond motifs is 1. The van der Waals surface area contributed by atoms with Crippen LogP contribution in [0, 0.1) is 6.92 Å². The zero-order valence-electron chi connectivity index (χ0n) is 9.44. The molecule has 0 saturated carbocycles. The van der Waals surface area contributed by atoms with Crippen molar-refractivity contribution < 1.29 is 8.42 Å². The van der Waals surface area contributed by atoms with Crippen LogP contribution >= 0.6 is 0 Å². The van der Waals surface area contributed by atoms with Crippen LogP contribution in [0.2, 0.25) is 0 Å². The molecule has 1 aromatic carbocycles. The van der Waals surface area contributed by atoms with Gasteiger partial charge in [-0.1, -0.05) is 12.1 Å². The highest BCUT2D eigenvalue weighted by Gasteiger charge is 2.34. The minimum atomic E-state index is -3.05. The van der Waals surface area contributed by atoms with Crippen LogP contribution in [0.1, 0.15) is 29.9 Å². The van der Waals surface area contributed by atoms with E-state index in [1.54, 1.807) is 6.07 Å². The second-order valence-electron chi connectivity index (χ2n) is 4.40. The maximum Gasteiger partial charge on any atom is 0.179 e. The van der Waals surface area contributed by atoms with Gasteiger partial charge in [0.25, 0.3) is 0 Å². The van der Waals surface area contributed by atoms with E-state index in [0.29, 0.717) is 11.4 Å². The number of sulfone groups is 1. The molecule has 1 aliphatic rings. The van der Waals surface area contributed by atoms with Gasteiger partial charge in [-0.05, 0) is 49.4 Å². The molecule has 1 heterocycles. The van der Waals surface area contributed by atoms with Crippen molar-refractivity contribution in [2.45, 2.75) is 30.6 Å². The fraction of sp³-hybridized carbons (Fsp3) is 0.500. The zero-order valence-corrected chi connectivity index (χ0v) is 10.3. The Bertz CT molecular complexity index is 494. The summed E-state index contributed by atoms with van der Waals surface area (Å²) in [6.45, 7) is 2.60. The smallest absolute Gasteiger partial charge is 0.179 e. The lowest BCUT2D eigenvalue weighted by Gasteiger charge is -2.11. The first kappa shape index (κ1) is 11.6. The van der Waals surface area contributed by atoms with Gasteiger partial charge >= 0.3 is 0 Å². The van der Waals surface area contributed by atoms with Crippen LogP contribution < -0.4 is 5.73 Å². The van der Waals surface area contributed by atoms with Gasteiger partial charge in [0, 0.05) is 0 Å². The maximum absolute atomic E-state index is 11.9. The molecule has 0 amide bonds. The highest BCUT2D eigenvalue weighted by molar-refractivity contribution is 7.91. The Morgan fingerprint density at radius 1 is 1.44 bits per heavy atom. The van der Waals surface area contributed by atoms with Gasteiger partial charge < -0.3 is 5.73 Å². The van der Waals surface area contributed by atoms with Crippen LogP contribution in [0.25, 0.3) is 0 Å². The second kappa shape index (κ2) is 4.18. The predicted molar refractivity (Wildman–Crippen MR) is 64.3 cm³/mol. The van der Waals surface area contributed by atoms with Gasteiger partial charge in [0.15, 0.2) is 9.84 Å². The Kier molecular flexibility index (Phi) is 3.04. The van der Waals surface area contributed by atoms with Crippen molar-refractivity contribution in [1.29, 1.82) is 0 Å². The Balaban J connectivity index is 2.44. The lowest BCUT2D eigenvalue weighted by Crippen LogP contribution is -2.07. The van der Waals surface area contributed by atoms with Gasteiger partial charge in [0.1, 0.15) is 0 Å². The van der Waals surface area contributed by atoms with Crippen molar-refractivity contribution in [2.75, 3.05) is 12.3 Å². The summed E-state index contributed by atoms with van der Waals surface area (Å²) in [7, 11) is -3.05. The van der Waals surface area contributed by atoms with Gasteiger partial charge in [-0.3, -0.25) is 0 Å². The standard InChI is InChI=1S/C12H17NO2S/c1-9-4-2-6-11-12(9)10(5-3-7-13)8-16(11,14)15/h2,4,6,10H,3,5,7-8,13H2,1H3. The molecule has 1 aliphatic heterocycles. The summed E-state index contributed by atoms with van der Waals surface area (Å²) in [5.74, 6) is 0.400. The van der Waals surface area contributed by atoms with E-state index in [1.165, 1.54) is 0 Å². The first-order valence-corrected chi connectivity index (χ1v) is 7.24. The minimum Gasteiger partial charge on any atom is -0.330 e. The first-order chi connectivity index (χ1) is 7.56. The van der Waals surface area contributed by atoms with E-state index in [9.17, 15) is 8.42 Å². The molecular weight excluding hydrogens is 222 g/mol. The Labute approximate surface area is 96.6 Å². The fourth-order valence-electron chi connectivity index (χ4n) is 2.48. The first-order valence-electron chi connectivity index (χ1n) is 5.58. The highest BCUT2D eigenvalue weighted by atomic mass is 32.2. The van der Waals surface area contributed by atoms with Crippen molar-refractivity contribution in [2.24, 2.45) is 5.73 Å². The molecule has 0 fully saturated rings. The number of benzene rings is 1. The van der Waals surface area contributed by atoms with Crippen molar-refractivity contribution in [1.82, 2.24) is 0 Å². The molecule has 0 bridgehead atoms. The topological polar surface area (TPSA) is 60.2 Å². The molecule has 88 valence electrons. The molecular formula is C12H17NO2S. The highest BCUT2D eigenvalue weighted by Crippen LogP contribution is 2.39. The van der Waals surface area contributed by atoms with Crippen LogP contribution in [0.5, 0.6) is 0 Å². The molecule has 0 aliphatic carbocycles. The van der Waals surface area contributed by atoms with E-state index >= 15 is 0 Å². The van der Waals surface area contributed by atoms with E-state index in [2.05, 4.69) is 0 Å². The molecule has 16 heavy (non-hydrogen) atoms. The summed E-state index contributed by atoms with van der Waals surface area (Å²) in [5, 5.41) is 0. The second-order valence-corrected chi connectivity index (χ2v) is 6.40. The lowest BCUT2D eigenvalue weighted by molar-refractivity contribution is 0.591. The molecule has 1 aromatic rings. The lowest BCUT2D eigenvalue weighted by atomic mass is 9.93.